The lowest BCUT2D eigenvalue weighted by atomic mass is 10.1. The van der Waals surface area contributed by atoms with E-state index in [-0.39, 0.29) is 0 Å². The average Bonchev–Trinajstić information content (AvgIpc) is 2.50. The van der Waals surface area contributed by atoms with E-state index in [1.54, 1.807) is 0 Å². The smallest absolute Gasteiger partial charge is 0.0642 e. The molecule has 1 aromatic rings. The Bertz CT molecular complexity index is 420. The van der Waals surface area contributed by atoms with Gasteiger partial charge in [0.1, 0.15) is 0 Å². The number of thioether (sulfide) groups is 1. The molecule has 0 amide bonds. The molecule has 0 spiro atoms. The molecule has 1 saturated heterocycles. The van der Waals surface area contributed by atoms with Crippen LogP contribution >= 0.6 is 35.0 Å². The standard InChI is InChI=1S/C14H19Cl2NS/c1-14(2)5-6-17(7-8-18-14)13-4-3-11(10-15)9-12(13)16/h3-4,9H,5-8,10H2,1-2H3. The fourth-order valence-electron chi connectivity index (χ4n) is 2.15. The number of hydrogen-bond donors (Lipinski definition) is 0. The van der Waals surface area contributed by atoms with Gasteiger partial charge in [0.25, 0.3) is 0 Å². The first-order valence-corrected chi connectivity index (χ1v) is 8.15. The fourth-order valence-corrected chi connectivity index (χ4v) is 3.74. The zero-order valence-corrected chi connectivity index (χ0v) is 13.2. The zero-order valence-electron chi connectivity index (χ0n) is 10.9. The van der Waals surface area contributed by atoms with Gasteiger partial charge in [0.15, 0.2) is 0 Å². The van der Waals surface area contributed by atoms with Crippen LogP contribution in [0.1, 0.15) is 25.8 Å². The molecule has 0 aromatic heterocycles. The molecule has 100 valence electrons. The third kappa shape index (κ3) is 3.49. The molecule has 1 aliphatic rings. The van der Waals surface area contributed by atoms with Crippen LogP contribution in [0.5, 0.6) is 0 Å². The number of hydrogen-bond acceptors (Lipinski definition) is 2. The molecule has 0 atom stereocenters. The molecule has 0 radical (unpaired) electrons. The van der Waals surface area contributed by atoms with E-state index in [2.05, 4.69) is 30.9 Å². The summed E-state index contributed by atoms with van der Waals surface area (Å²) in [6.45, 7) is 6.77. The molecule has 1 aromatic carbocycles. The monoisotopic (exact) mass is 303 g/mol. The van der Waals surface area contributed by atoms with Gasteiger partial charge in [-0.3, -0.25) is 0 Å². The third-order valence-corrected chi connectivity index (χ3v) is 5.33. The number of benzene rings is 1. The zero-order chi connectivity index (χ0) is 13.2. The Morgan fingerprint density at radius 2 is 2.11 bits per heavy atom. The molecular weight excluding hydrogens is 285 g/mol. The maximum atomic E-state index is 6.36. The molecule has 0 saturated carbocycles. The van der Waals surface area contributed by atoms with E-state index in [0.717, 1.165) is 35.1 Å². The quantitative estimate of drug-likeness (QED) is 0.722. The second-order valence-electron chi connectivity index (χ2n) is 5.26. The minimum absolute atomic E-state index is 0.372. The normalized spacial score (nSPS) is 19.7. The summed E-state index contributed by atoms with van der Waals surface area (Å²) < 4.78 is 0.372. The van der Waals surface area contributed by atoms with Crippen LogP contribution in [0, 0.1) is 0 Å². The van der Waals surface area contributed by atoms with Gasteiger partial charge >= 0.3 is 0 Å². The molecule has 0 N–H and O–H groups in total. The highest BCUT2D eigenvalue weighted by molar-refractivity contribution is 8.00. The highest BCUT2D eigenvalue weighted by Crippen LogP contribution is 2.34. The van der Waals surface area contributed by atoms with Gasteiger partial charge in [-0.2, -0.15) is 11.8 Å². The van der Waals surface area contributed by atoms with Crippen LogP contribution < -0.4 is 4.90 Å². The van der Waals surface area contributed by atoms with Crippen molar-refractivity contribution >= 4 is 40.7 Å². The second kappa shape index (κ2) is 5.94. The van der Waals surface area contributed by atoms with Crippen molar-refractivity contribution in [3.8, 4) is 0 Å². The third-order valence-electron chi connectivity index (χ3n) is 3.34. The van der Waals surface area contributed by atoms with Crippen LogP contribution in [0.25, 0.3) is 0 Å². The Morgan fingerprint density at radius 3 is 2.78 bits per heavy atom. The molecule has 18 heavy (non-hydrogen) atoms. The minimum atomic E-state index is 0.372. The average molecular weight is 304 g/mol. The summed E-state index contributed by atoms with van der Waals surface area (Å²) in [7, 11) is 0. The molecule has 4 heteroatoms. The Hall–Kier alpha value is -0.0500. The van der Waals surface area contributed by atoms with Crippen molar-refractivity contribution < 1.29 is 0 Å². The molecule has 1 nitrogen and oxygen atoms in total. The van der Waals surface area contributed by atoms with Gasteiger partial charge in [0.2, 0.25) is 0 Å². The predicted molar refractivity (Wildman–Crippen MR) is 84.4 cm³/mol. The van der Waals surface area contributed by atoms with Crippen molar-refractivity contribution in [1.29, 1.82) is 0 Å². The molecule has 0 unspecified atom stereocenters. The maximum Gasteiger partial charge on any atom is 0.0642 e. The first-order valence-electron chi connectivity index (χ1n) is 6.25. The summed E-state index contributed by atoms with van der Waals surface area (Å²) in [6.07, 6.45) is 1.19. The van der Waals surface area contributed by atoms with Gasteiger partial charge < -0.3 is 4.90 Å². The van der Waals surface area contributed by atoms with Gasteiger partial charge in [-0.15, -0.1) is 11.6 Å². The summed E-state index contributed by atoms with van der Waals surface area (Å²) in [6, 6.07) is 6.15. The van der Waals surface area contributed by atoms with E-state index in [0.29, 0.717) is 10.6 Å². The first kappa shape index (κ1) is 14.4. The Labute approximate surface area is 124 Å². The Kier molecular flexibility index (Phi) is 4.74. The number of rotatable bonds is 2. The summed E-state index contributed by atoms with van der Waals surface area (Å²) in [5.74, 6) is 1.67. The predicted octanol–water partition coefficient (Wildman–Crippen LogP) is 4.80. The Morgan fingerprint density at radius 1 is 1.33 bits per heavy atom. The van der Waals surface area contributed by atoms with Crippen LogP contribution in [0.3, 0.4) is 0 Å². The second-order valence-corrected chi connectivity index (χ2v) is 7.74. The van der Waals surface area contributed by atoms with Gasteiger partial charge in [0.05, 0.1) is 10.7 Å². The molecule has 1 aliphatic heterocycles. The highest BCUT2D eigenvalue weighted by atomic mass is 35.5. The van der Waals surface area contributed by atoms with E-state index in [1.807, 2.05) is 17.8 Å². The van der Waals surface area contributed by atoms with Gasteiger partial charge in [0, 0.05) is 29.5 Å². The molecule has 0 bridgehead atoms. The lowest BCUT2D eigenvalue weighted by molar-refractivity contribution is 0.638. The van der Waals surface area contributed by atoms with Crippen molar-refractivity contribution in [1.82, 2.24) is 0 Å². The van der Waals surface area contributed by atoms with Gasteiger partial charge in [-0.25, -0.2) is 0 Å². The molecule has 1 fully saturated rings. The van der Waals surface area contributed by atoms with Crippen LogP contribution in [-0.4, -0.2) is 23.6 Å². The lowest BCUT2D eigenvalue weighted by Crippen LogP contribution is -2.27. The summed E-state index contributed by atoms with van der Waals surface area (Å²) in [5, 5.41) is 0.817. The first-order chi connectivity index (χ1) is 8.52. The van der Waals surface area contributed by atoms with Crippen molar-refractivity contribution in [2.24, 2.45) is 0 Å². The van der Waals surface area contributed by atoms with E-state index in [1.165, 1.54) is 6.42 Å². The van der Waals surface area contributed by atoms with Crippen LogP contribution in [0.15, 0.2) is 18.2 Å². The largest absolute Gasteiger partial charge is 0.369 e. The lowest BCUT2D eigenvalue weighted by Gasteiger charge is -2.25. The number of alkyl halides is 1. The summed E-state index contributed by atoms with van der Waals surface area (Å²) >= 11 is 14.2. The fraction of sp³-hybridized carbons (Fsp3) is 0.571. The van der Waals surface area contributed by atoms with Crippen molar-refractivity contribution in [2.45, 2.75) is 30.9 Å². The number of anilines is 1. The molecule has 0 aliphatic carbocycles. The minimum Gasteiger partial charge on any atom is -0.369 e. The molecule has 2 rings (SSSR count). The van der Waals surface area contributed by atoms with Crippen molar-refractivity contribution in [2.75, 3.05) is 23.7 Å². The van der Waals surface area contributed by atoms with E-state index in [9.17, 15) is 0 Å². The number of nitrogens with zero attached hydrogens (tertiary/aromatic N) is 1. The Balaban J connectivity index is 2.16. The van der Waals surface area contributed by atoms with Gasteiger partial charge in [-0.05, 0) is 24.1 Å². The van der Waals surface area contributed by atoms with Crippen molar-refractivity contribution in [3.05, 3.63) is 28.8 Å². The highest BCUT2D eigenvalue weighted by Gasteiger charge is 2.24. The van der Waals surface area contributed by atoms with Gasteiger partial charge in [-0.1, -0.05) is 31.5 Å². The van der Waals surface area contributed by atoms with Crippen LogP contribution in [0.4, 0.5) is 5.69 Å². The van der Waals surface area contributed by atoms with Crippen LogP contribution in [-0.2, 0) is 5.88 Å². The van der Waals surface area contributed by atoms with E-state index >= 15 is 0 Å². The summed E-state index contributed by atoms with van der Waals surface area (Å²) in [4.78, 5) is 2.39. The van der Waals surface area contributed by atoms with E-state index < -0.39 is 0 Å². The van der Waals surface area contributed by atoms with Crippen LogP contribution in [0.2, 0.25) is 5.02 Å². The number of halogens is 2. The maximum absolute atomic E-state index is 6.36. The summed E-state index contributed by atoms with van der Waals surface area (Å²) in [5.41, 5.74) is 2.22. The topological polar surface area (TPSA) is 3.24 Å². The SMILES string of the molecule is CC1(C)CCN(c2ccc(CCl)cc2Cl)CCS1. The van der Waals surface area contributed by atoms with E-state index in [4.69, 9.17) is 23.2 Å². The molecule has 1 heterocycles. The molecular formula is C14H19Cl2NS. The van der Waals surface area contributed by atoms with Crippen molar-refractivity contribution in [3.63, 3.8) is 0 Å².